The molecule has 2 heterocycles. The summed E-state index contributed by atoms with van der Waals surface area (Å²) in [6, 6.07) is 52.1. The first-order chi connectivity index (χ1) is 28.7. The summed E-state index contributed by atoms with van der Waals surface area (Å²) in [5.74, 6) is 4.46. The summed E-state index contributed by atoms with van der Waals surface area (Å²) < 4.78 is 40.0. The van der Waals surface area contributed by atoms with E-state index in [-0.39, 0.29) is 23.9 Å². The molecule has 7 rings (SSSR count). The van der Waals surface area contributed by atoms with Crippen molar-refractivity contribution in [3.05, 3.63) is 168 Å². The van der Waals surface area contributed by atoms with Crippen LogP contribution in [0.25, 0.3) is 0 Å². The topological polar surface area (TPSA) is 75.6 Å². The number of aliphatic hydroxyl groups is 1. The van der Waals surface area contributed by atoms with Crippen LogP contribution in [0, 0.1) is 11.8 Å². The van der Waals surface area contributed by atoms with E-state index in [4.69, 9.17) is 28.1 Å². The van der Waals surface area contributed by atoms with Crippen molar-refractivity contribution in [2.24, 2.45) is 0 Å². The van der Waals surface area contributed by atoms with Gasteiger partial charge >= 0.3 is 0 Å². The SMILES string of the molecule is CC1(C)O[C@@H](COC(c2ccccc2)(c2ccccc2)c2ccccc2)C[C@@H](C#C[C@H](O)[C@H]2C[C@@H](CO[Si](c3ccccc3)(c3ccccc3)C(C)(C)C)OC(C)(C)O2)O1. The summed E-state index contributed by atoms with van der Waals surface area (Å²) in [6.07, 6.45) is -2.03. The molecule has 0 amide bonds. The molecule has 1 N–H and O–H groups in total. The van der Waals surface area contributed by atoms with Gasteiger partial charge < -0.3 is 33.2 Å². The Balaban J connectivity index is 1.08. The molecule has 0 aromatic heterocycles. The van der Waals surface area contributed by atoms with Gasteiger partial charge in [-0.15, -0.1) is 0 Å². The predicted molar refractivity (Wildman–Crippen MR) is 239 cm³/mol. The van der Waals surface area contributed by atoms with E-state index < -0.39 is 43.8 Å². The Kier molecular flexibility index (Phi) is 13.3. The van der Waals surface area contributed by atoms with Crippen molar-refractivity contribution in [3.8, 4) is 11.8 Å². The van der Waals surface area contributed by atoms with Crippen LogP contribution in [-0.2, 0) is 33.7 Å². The van der Waals surface area contributed by atoms with Crippen molar-refractivity contribution in [2.45, 2.75) is 114 Å². The Morgan fingerprint density at radius 3 is 1.47 bits per heavy atom. The van der Waals surface area contributed by atoms with Crippen LogP contribution >= 0.6 is 0 Å². The molecule has 0 aliphatic carbocycles. The molecule has 2 aliphatic rings. The van der Waals surface area contributed by atoms with Crippen LogP contribution in [0.1, 0.15) is 78.0 Å². The molecular weight excluding hydrogens is 765 g/mol. The standard InChI is InChI=1S/C52H60O7Si/c1-49(2,3)60(45-29-19-11-20-30-45,46-31-21-12-22-32-46)55-38-44-36-48(59-51(6,7)58-44)47(53)34-33-42-35-43(57-50(4,5)56-42)37-54-52(39-23-13-8-14-24-39,40-25-15-9-16-26-40)41-27-17-10-18-28-41/h8-32,42-44,47-48,53H,35-38H2,1-7H3/t42-,43-,44+,47+,48-/m1/s1. The Labute approximate surface area is 358 Å². The van der Waals surface area contributed by atoms with Crippen molar-refractivity contribution in [3.63, 3.8) is 0 Å². The highest BCUT2D eigenvalue weighted by molar-refractivity contribution is 6.99. The van der Waals surface area contributed by atoms with Crippen molar-refractivity contribution in [1.29, 1.82) is 0 Å². The fraction of sp³-hybridized carbons (Fsp3) is 0.385. The summed E-state index contributed by atoms with van der Waals surface area (Å²) >= 11 is 0. The number of hydrogen-bond acceptors (Lipinski definition) is 7. The van der Waals surface area contributed by atoms with Crippen LogP contribution in [0.3, 0.4) is 0 Å². The van der Waals surface area contributed by atoms with Crippen molar-refractivity contribution in [2.75, 3.05) is 13.2 Å². The normalized spacial score (nSPS) is 22.3. The minimum absolute atomic E-state index is 0.187. The summed E-state index contributed by atoms with van der Waals surface area (Å²) in [5, 5.41) is 13.9. The molecule has 2 aliphatic heterocycles. The van der Waals surface area contributed by atoms with E-state index in [0.717, 1.165) is 16.7 Å². The molecule has 60 heavy (non-hydrogen) atoms. The van der Waals surface area contributed by atoms with Crippen LogP contribution in [-0.4, -0.2) is 68.7 Å². The average molecular weight is 825 g/mol. The molecular formula is C52H60O7Si. The lowest BCUT2D eigenvalue weighted by Crippen LogP contribution is -2.67. The molecule has 5 atom stereocenters. The van der Waals surface area contributed by atoms with Gasteiger partial charge in [0, 0.05) is 12.8 Å². The smallest absolute Gasteiger partial charge is 0.261 e. The molecule has 8 heteroatoms. The maximum Gasteiger partial charge on any atom is 0.261 e. The monoisotopic (exact) mass is 824 g/mol. The Morgan fingerprint density at radius 2 is 1.02 bits per heavy atom. The predicted octanol–water partition coefficient (Wildman–Crippen LogP) is 8.76. The van der Waals surface area contributed by atoms with E-state index in [1.54, 1.807) is 0 Å². The lowest BCUT2D eigenvalue weighted by atomic mass is 9.80. The van der Waals surface area contributed by atoms with Gasteiger partial charge in [0.25, 0.3) is 8.32 Å². The first-order valence-corrected chi connectivity index (χ1v) is 23.1. The Morgan fingerprint density at radius 1 is 0.600 bits per heavy atom. The van der Waals surface area contributed by atoms with Gasteiger partial charge in [0.15, 0.2) is 11.6 Å². The van der Waals surface area contributed by atoms with Gasteiger partial charge in [-0.3, -0.25) is 0 Å². The second-order valence-corrected chi connectivity index (χ2v) is 22.1. The summed E-state index contributed by atoms with van der Waals surface area (Å²) in [7, 11) is -2.81. The number of aliphatic hydroxyl groups excluding tert-OH is 1. The summed E-state index contributed by atoms with van der Waals surface area (Å²) in [6.45, 7) is 14.9. The van der Waals surface area contributed by atoms with Crippen molar-refractivity contribution >= 4 is 18.7 Å². The van der Waals surface area contributed by atoms with E-state index >= 15 is 0 Å². The van der Waals surface area contributed by atoms with E-state index in [9.17, 15) is 5.11 Å². The molecule has 5 aromatic carbocycles. The second kappa shape index (κ2) is 18.3. The highest BCUT2D eigenvalue weighted by Crippen LogP contribution is 2.42. The third-order valence-corrected chi connectivity index (χ3v) is 16.4. The van der Waals surface area contributed by atoms with E-state index in [1.807, 2.05) is 94.4 Å². The van der Waals surface area contributed by atoms with Crippen molar-refractivity contribution < 1.29 is 33.2 Å². The van der Waals surface area contributed by atoms with Crippen LogP contribution in [0.4, 0.5) is 0 Å². The molecule has 2 saturated heterocycles. The fourth-order valence-electron chi connectivity index (χ4n) is 8.98. The Bertz CT molecular complexity index is 2030. The molecule has 0 saturated carbocycles. The van der Waals surface area contributed by atoms with E-state index in [2.05, 4.69) is 118 Å². The van der Waals surface area contributed by atoms with E-state index in [1.165, 1.54) is 10.4 Å². The van der Waals surface area contributed by atoms with Crippen molar-refractivity contribution in [1.82, 2.24) is 0 Å². The number of benzene rings is 5. The third-order valence-electron chi connectivity index (χ3n) is 11.4. The molecule has 314 valence electrons. The zero-order valence-electron chi connectivity index (χ0n) is 36.0. The van der Waals surface area contributed by atoms with Crippen LogP contribution < -0.4 is 10.4 Å². The molecule has 2 fully saturated rings. The van der Waals surface area contributed by atoms with Gasteiger partial charge in [-0.25, -0.2) is 0 Å². The minimum atomic E-state index is -2.81. The van der Waals surface area contributed by atoms with Crippen LogP contribution in [0.2, 0.25) is 5.04 Å². The number of ether oxygens (including phenoxy) is 5. The van der Waals surface area contributed by atoms with Gasteiger partial charge in [-0.1, -0.05) is 184 Å². The van der Waals surface area contributed by atoms with Gasteiger partial charge in [-0.2, -0.15) is 0 Å². The maximum absolute atomic E-state index is 11.7. The lowest BCUT2D eigenvalue weighted by molar-refractivity contribution is -0.312. The largest absolute Gasteiger partial charge is 0.405 e. The maximum atomic E-state index is 11.7. The lowest BCUT2D eigenvalue weighted by Gasteiger charge is -2.46. The first kappa shape index (κ1) is 43.7. The van der Waals surface area contributed by atoms with Gasteiger partial charge in [0.1, 0.15) is 23.9 Å². The molecule has 7 nitrogen and oxygen atoms in total. The molecule has 0 unspecified atom stereocenters. The highest BCUT2D eigenvalue weighted by Gasteiger charge is 2.51. The van der Waals surface area contributed by atoms with Gasteiger partial charge in [0.2, 0.25) is 0 Å². The summed E-state index contributed by atoms with van der Waals surface area (Å²) in [5.41, 5.74) is 2.16. The summed E-state index contributed by atoms with van der Waals surface area (Å²) in [4.78, 5) is 0. The molecule has 0 bridgehead atoms. The third kappa shape index (κ3) is 9.71. The zero-order valence-corrected chi connectivity index (χ0v) is 37.0. The van der Waals surface area contributed by atoms with E-state index in [0.29, 0.717) is 19.4 Å². The Hall–Kier alpha value is -4.40. The van der Waals surface area contributed by atoms with Gasteiger partial charge in [-0.05, 0) is 59.8 Å². The number of rotatable bonds is 12. The second-order valence-electron chi connectivity index (χ2n) is 17.8. The highest BCUT2D eigenvalue weighted by atomic mass is 28.4. The molecule has 0 radical (unpaired) electrons. The zero-order chi connectivity index (χ0) is 42.4. The quantitative estimate of drug-likeness (QED) is 0.0767. The average Bonchev–Trinajstić information content (AvgIpc) is 3.24. The fourth-order valence-corrected chi connectivity index (χ4v) is 13.6. The number of hydrogen-bond donors (Lipinski definition) is 1. The van der Waals surface area contributed by atoms with Crippen LogP contribution in [0.5, 0.6) is 0 Å². The molecule has 5 aromatic rings. The molecule has 0 spiro atoms. The minimum Gasteiger partial charge on any atom is -0.405 e. The first-order valence-electron chi connectivity index (χ1n) is 21.2. The van der Waals surface area contributed by atoms with Gasteiger partial charge in [0.05, 0.1) is 25.4 Å². The van der Waals surface area contributed by atoms with Crippen LogP contribution in [0.15, 0.2) is 152 Å².